The lowest BCUT2D eigenvalue weighted by Crippen LogP contribution is -2.33. The number of benzene rings is 4. The van der Waals surface area contributed by atoms with Gasteiger partial charge in [0.1, 0.15) is 17.2 Å². The first-order valence-electron chi connectivity index (χ1n) is 20.5. The number of nitriles is 1. The molecule has 0 saturated heterocycles. The summed E-state index contributed by atoms with van der Waals surface area (Å²) in [4.78, 5) is 60.8. The summed E-state index contributed by atoms with van der Waals surface area (Å²) in [5.41, 5.74) is 2.21. The number of hydrogen-bond acceptors (Lipinski definition) is 7. The molecule has 0 fully saturated rings. The maximum atomic E-state index is 13.5. The maximum Gasteiger partial charge on any atom is 0.263 e. The van der Waals surface area contributed by atoms with E-state index in [-0.39, 0.29) is 47.9 Å². The largest absolute Gasteiger partial charge is 0.341 e. The summed E-state index contributed by atoms with van der Waals surface area (Å²) >= 11 is 14.5. The third-order valence-electron chi connectivity index (χ3n) is 9.91. The lowest BCUT2D eigenvalue weighted by molar-refractivity contribution is 0.0948. The Balaban J connectivity index is 0.000000194. The molecule has 4 aromatic heterocycles. The third kappa shape index (κ3) is 13.3. The molecule has 8 aromatic rings. The van der Waals surface area contributed by atoms with Crippen molar-refractivity contribution in [2.75, 3.05) is 13.1 Å². The molecule has 4 aromatic carbocycles. The summed E-state index contributed by atoms with van der Waals surface area (Å²) < 4.78 is 56.2. The lowest BCUT2D eigenvalue weighted by Gasteiger charge is -2.08. The average Bonchev–Trinajstić information content (AvgIpc) is 3.36. The van der Waals surface area contributed by atoms with Crippen molar-refractivity contribution in [3.8, 4) is 30.3 Å². The molecule has 0 radical (unpaired) electrons. The fraction of sp³-hybridized carbons (Fsp3) is 0.0769. The van der Waals surface area contributed by atoms with Gasteiger partial charge in [-0.15, -0.1) is 6.42 Å². The third-order valence-corrected chi connectivity index (χ3v) is 11.4. The SMILES string of the molecule is C#CCNC(=O)c1cccn(Cc2ccc(F)c(F)c2)c1=O.N#Cc1cnc2ccc(C#CCNC(=O)c3cccn(Cc4ccc(F)c(F)c4)c3=O)cc2c1Cl.[C-]#[N+]c1cnc2ccc(I)cc2c1Cl. The Bertz CT molecular complexity index is 3710. The highest BCUT2D eigenvalue weighted by Crippen LogP contribution is 2.32. The highest BCUT2D eigenvalue weighted by molar-refractivity contribution is 14.1. The molecule has 0 atom stereocenters. The Hall–Kier alpha value is -8.33. The summed E-state index contributed by atoms with van der Waals surface area (Å²) in [6.45, 7) is 6.89. The van der Waals surface area contributed by atoms with Crippen LogP contribution < -0.4 is 21.8 Å². The number of carbonyl (C=O) groups is 2. The minimum atomic E-state index is -1.02. The standard InChI is InChI=1S/C26H15ClF2N4O2.C16H12F2N2O2.C10H4ClIN2/c27-24-18(13-30)14-32-23-8-6-16(11-20(23)24)3-1-9-31-25(34)19-4-2-10-33(26(19)35)15-17-5-7-21(28)22(29)12-17;1-2-7-19-15(21)12-4-3-8-20(16(12)22)10-11-5-6-13(17)14(18)9-11;1-13-9-5-14-8-3-2-6(12)4-7(8)10(9)11/h2,4-8,10-12,14H,9,15H2,(H,31,34);1,3-6,8-9H,7,10H2,(H,19,21);2-5H. The Morgan fingerprint density at radius 2 is 1.25 bits per heavy atom. The minimum Gasteiger partial charge on any atom is -0.341 e. The summed E-state index contributed by atoms with van der Waals surface area (Å²) in [6, 6.07) is 25.4. The monoisotopic (exact) mass is 1100 g/mol. The van der Waals surface area contributed by atoms with Crippen molar-refractivity contribution >= 4 is 85.1 Å². The van der Waals surface area contributed by atoms with Gasteiger partial charge in [0.15, 0.2) is 23.3 Å². The Labute approximate surface area is 425 Å². The molecule has 12 nitrogen and oxygen atoms in total. The Kier molecular flexibility index (Phi) is 17.8. The fourth-order valence-corrected chi connectivity index (χ4v) is 7.42. The molecule has 4 heterocycles. The topological polar surface area (TPSA) is 156 Å². The molecule has 0 spiro atoms. The number of fused-ring (bicyclic) bond motifs is 2. The summed E-state index contributed by atoms with van der Waals surface area (Å²) in [7, 11) is 0. The molecule has 0 aliphatic heterocycles. The van der Waals surface area contributed by atoms with Crippen molar-refractivity contribution in [1.82, 2.24) is 29.7 Å². The number of halogens is 7. The minimum absolute atomic E-state index is 0.0103. The van der Waals surface area contributed by atoms with Crippen molar-refractivity contribution in [1.29, 1.82) is 5.26 Å². The molecule has 8 rings (SSSR count). The van der Waals surface area contributed by atoms with Gasteiger partial charge < -0.3 is 19.8 Å². The van der Waals surface area contributed by atoms with Crippen molar-refractivity contribution in [2.45, 2.75) is 13.1 Å². The fourth-order valence-electron chi connectivity index (χ4n) is 6.45. The van der Waals surface area contributed by atoms with Crippen LogP contribution in [0.25, 0.3) is 26.7 Å². The average molecular weight is 1110 g/mol. The second kappa shape index (κ2) is 24.3. The van der Waals surface area contributed by atoms with E-state index >= 15 is 0 Å². The first-order chi connectivity index (χ1) is 34.1. The van der Waals surface area contributed by atoms with Crippen LogP contribution in [-0.2, 0) is 13.1 Å². The molecule has 0 aliphatic rings. The molecule has 71 heavy (non-hydrogen) atoms. The van der Waals surface area contributed by atoms with Crippen LogP contribution >= 0.6 is 45.8 Å². The van der Waals surface area contributed by atoms with Crippen LogP contribution in [0.4, 0.5) is 23.2 Å². The van der Waals surface area contributed by atoms with Crippen LogP contribution in [0.3, 0.4) is 0 Å². The Morgan fingerprint density at radius 3 is 1.79 bits per heavy atom. The summed E-state index contributed by atoms with van der Waals surface area (Å²) in [6.07, 6.45) is 10.9. The first-order valence-corrected chi connectivity index (χ1v) is 22.3. The molecule has 0 bridgehead atoms. The highest BCUT2D eigenvalue weighted by atomic mass is 127. The van der Waals surface area contributed by atoms with Crippen LogP contribution in [0.2, 0.25) is 10.0 Å². The molecule has 0 aliphatic carbocycles. The number of aromatic nitrogens is 4. The quantitative estimate of drug-likeness (QED) is 0.0665. The molecule has 0 unspecified atom stereocenters. The molecular formula is C52H31Cl2F4IN8O4. The zero-order chi connectivity index (χ0) is 51.2. The molecule has 352 valence electrons. The first kappa shape index (κ1) is 52.0. The summed E-state index contributed by atoms with van der Waals surface area (Å²) in [5, 5.41) is 16.3. The van der Waals surface area contributed by atoms with Gasteiger partial charge in [0, 0.05) is 44.7 Å². The van der Waals surface area contributed by atoms with E-state index in [1.165, 1.54) is 70.3 Å². The van der Waals surface area contributed by atoms with E-state index in [2.05, 4.69) is 65.8 Å². The number of nitrogens with zero attached hydrogens (tertiary/aromatic N) is 6. The van der Waals surface area contributed by atoms with Gasteiger partial charge in [-0.05, 0) is 119 Å². The van der Waals surface area contributed by atoms with Gasteiger partial charge in [0.25, 0.3) is 22.9 Å². The van der Waals surface area contributed by atoms with E-state index in [0.717, 1.165) is 38.7 Å². The summed E-state index contributed by atoms with van der Waals surface area (Å²) in [5.74, 6) is 2.79. The second-order valence-corrected chi connectivity index (χ2v) is 16.6. The van der Waals surface area contributed by atoms with Crippen molar-refractivity contribution in [3.63, 3.8) is 0 Å². The van der Waals surface area contributed by atoms with Crippen molar-refractivity contribution < 1.29 is 27.2 Å². The maximum absolute atomic E-state index is 13.5. The van der Waals surface area contributed by atoms with Gasteiger partial charge in [0.2, 0.25) is 5.69 Å². The number of rotatable bonds is 8. The predicted molar refractivity (Wildman–Crippen MR) is 270 cm³/mol. The molecular weight excluding hydrogens is 1070 g/mol. The molecule has 0 saturated carbocycles. The van der Waals surface area contributed by atoms with E-state index in [1.807, 2.05) is 24.3 Å². The van der Waals surface area contributed by atoms with Gasteiger partial charge in [0.05, 0.1) is 59.4 Å². The second-order valence-electron chi connectivity index (χ2n) is 14.6. The number of nitrogens with one attached hydrogen (secondary N) is 2. The van der Waals surface area contributed by atoms with Gasteiger partial charge in [-0.1, -0.05) is 53.1 Å². The number of carbonyl (C=O) groups excluding carboxylic acids is 2. The van der Waals surface area contributed by atoms with E-state index in [4.69, 9.17) is 41.5 Å². The van der Waals surface area contributed by atoms with Gasteiger partial charge in [-0.2, -0.15) is 5.26 Å². The smallest absolute Gasteiger partial charge is 0.263 e. The van der Waals surface area contributed by atoms with Gasteiger partial charge >= 0.3 is 0 Å². The molecule has 2 amide bonds. The van der Waals surface area contributed by atoms with Crippen molar-refractivity contribution in [3.05, 3.63) is 224 Å². The Morgan fingerprint density at radius 1 is 0.718 bits per heavy atom. The predicted octanol–water partition coefficient (Wildman–Crippen LogP) is 9.61. The van der Waals surface area contributed by atoms with Gasteiger partial charge in [-0.25, -0.2) is 22.4 Å². The zero-order valence-corrected chi connectivity index (χ0v) is 40.1. The zero-order valence-electron chi connectivity index (χ0n) is 36.4. The number of amides is 2. The number of pyridine rings is 4. The number of hydrogen-bond donors (Lipinski definition) is 2. The van der Waals surface area contributed by atoms with E-state index < -0.39 is 46.2 Å². The highest BCUT2D eigenvalue weighted by Gasteiger charge is 2.15. The van der Waals surface area contributed by atoms with Gasteiger partial charge in [-0.3, -0.25) is 29.1 Å². The van der Waals surface area contributed by atoms with E-state index in [9.17, 15) is 36.7 Å². The van der Waals surface area contributed by atoms with Crippen LogP contribution in [-0.4, -0.2) is 44.0 Å². The molecule has 2 N–H and O–H groups in total. The van der Waals surface area contributed by atoms with E-state index in [0.29, 0.717) is 38.3 Å². The van der Waals surface area contributed by atoms with Crippen LogP contribution in [0.5, 0.6) is 0 Å². The van der Waals surface area contributed by atoms with Crippen LogP contribution in [0.15, 0.2) is 131 Å². The van der Waals surface area contributed by atoms with Crippen LogP contribution in [0, 0.1) is 68.9 Å². The number of terminal acetylenes is 1. The van der Waals surface area contributed by atoms with E-state index in [1.54, 1.807) is 18.2 Å². The lowest BCUT2D eigenvalue weighted by atomic mass is 10.1. The van der Waals surface area contributed by atoms with Crippen LogP contribution in [0.1, 0.15) is 43.0 Å². The normalized spacial score (nSPS) is 10.2. The molecule has 19 heteroatoms. The van der Waals surface area contributed by atoms with Crippen molar-refractivity contribution in [2.24, 2.45) is 0 Å².